The Kier molecular flexibility index (Phi) is 4.23. The van der Waals surface area contributed by atoms with Gasteiger partial charge in [0.15, 0.2) is 0 Å². The SMILES string of the molecule is CCSc1c2ccccc2c(SCC)c2ccccc12. The Morgan fingerprint density at radius 1 is 0.600 bits per heavy atom. The lowest BCUT2D eigenvalue weighted by Crippen LogP contribution is -1.88. The van der Waals surface area contributed by atoms with Crippen molar-refractivity contribution >= 4 is 45.1 Å². The molecule has 2 heteroatoms. The molecule has 0 amide bonds. The summed E-state index contributed by atoms with van der Waals surface area (Å²) in [4.78, 5) is 2.86. The van der Waals surface area contributed by atoms with Crippen LogP contribution in [0.4, 0.5) is 0 Å². The fourth-order valence-electron chi connectivity index (χ4n) is 2.65. The second kappa shape index (κ2) is 6.11. The van der Waals surface area contributed by atoms with Crippen LogP contribution in [0.5, 0.6) is 0 Å². The molecule has 102 valence electrons. The van der Waals surface area contributed by atoms with Gasteiger partial charge in [0.1, 0.15) is 0 Å². The molecule has 0 aliphatic carbocycles. The van der Waals surface area contributed by atoms with E-state index in [9.17, 15) is 0 Å². The van der Waals surface area contributed by atoms with E-state index in [4.69, 9.17) is 0 Å². The highest BCUT2D eigenvalue weighted by Crippen LogP contribution is 2.42. The molecule has 3 rings (SSSR count). The zero-order valence-electron chi connectivity index (χ0n) is 11.8. The lowest BCUT2D eigenvalue weighted by atomic mass is 10.0. The van der Waals surface area contributed by atoms with Gasteiger partial charge >= 0.3 is 0 Å². The Morgan fingerprint density at radius 3 is 1.15 bits per heavy atom. The second-order valence-electron chi connectivity index (χ2n) is 4.62. The molecule has 0 heterocycles. The first-order valence-corrected chi connectivity index (χ1v) is 9.03. The Hall–Kier alpha value is -1.12. The van der Waals surface area contributed by atoms with Crippen molar-refractivity contribution in [3.8, 4) is 0 Å². The van der Waals surface area contributed by atoms with E-state index in [2.05, 4.69) is 62.4 Å². The summed E-state index contributed by atoms with van der Waals surface area (Å²) in [5.41, 5.74) is 0. The summed E-state index contributed by atoms with van der Waals surface area (Å²) >= 11 is 3.90. The molecule has 0 atom stereocenters. The average molecular weight is 298 g/mol. The Bertz CT molecular complexity index is 626. The molecule has 0 saturated heterocycles. The predicted octanol–water partition coefficient (Wildman–Crippen LogP) is 6.22. The van der Waals surface area contributed by atoms with Gasteiger partial charge in [0, 0.05) is 9.79 Å². The normalized spacial score (nSPS) is 11.3. The van der Waals surface area contributed by atoms with E-state index in [1.54, 1.807) is 0 Å². The van der Waals surface area contributed by atoms with Gasteiger partial charge in [0.05, 0.1) is 0 Å². The molecule has 0 bridgehead atoms. The minimum Gasteiger partial charge on any atom is -0.125 e. The minimum atomic E-state index is 1.11. The van der Waals surface area contributed by atoms with E-state index in [1.807, 2.05) is 23.5 Å². The van der Waals surface area contributed by atoms with Crippen LogP contribution >= 0.6 is 23.5 Å². The van der Waals surface area contributed by atoms with Crippen LogP contribution in [0.15, 0.2) is 58.3 Å². The van der Waals surface area contributed by atoms with Gasteiger partial charge in [-0.25, -0.2) is 0 Å². The molecule has 3 aromatic rings. The number of rotatable bonds is 4. The number of hydrogen-bond donors (Lipinski definition) is 0. The smallest absolute Gasteiger partial charge is 0.0230 e. The zero-order valence-corrected chi connectivity index (χ0v) is 13.5. The Morgan fingerprint density at radius 2 is 0.900 bits per heavy atom. The van der Waals surface area contributed by atoms with Gasteiger partial charge in [0.2, 0.25) is 0 Å². The van der Waals surface area contributed by atoms with Crippen LogP contribution in [0.1, 0.15) is 13.8 Å². The van der Waals surface area contributed by atoms with Gasteiger partial charge in [-0.1, -0.05) is 62.4 Å². The van der Waals surface area contributed by atoms with Crippen molar-refractivity contribution < 1.29 is 0 Å². The summed E-state index contributed by atoms with van der Waals surface area (Å²) < 4.78 is 0. The van der Waals surface area contributed by atoms with Crippen LogP contribution in [0.3, 0.4) is 0 Å². The van der Waals surface area contributed by atoms with Crippen LogP contribution in [-0.2, 0) is 0 Å². The van der Waals surface area contributed by atoms with Crippen molar-refractivity contribution in [2.24, 2.45) is 0 Å². The third-order valence-corrected chi connectivity index (χ3v) is 5.44. The molecule has 0 N–H and O–H groups in total. The highest BCUT2D eigenvalue weighted by atomic mass is 32.2. The maximum Gasteiger partial charge on any atom is 0.0230 e. The van der Waals surface area contributed by atoms with Crippen molar-refractivity contribution in [3.63, 3.8) is 0 Å². The molecular weight excluding hydrogens is 280 g/mol. The molecule has 0 fully saturated rings. The first kappa shape index (κ1) is 13.8. The largest absolute Gasteiger partial charge is 0.125 e. The van der Waals surface area contributed by atoms with Gasteiger partial charge in [0.25, 0.3) is 0 Å². The first-order chi connectivity index (χ1) is 9.86. The molecule has 3 aromatic carbocycles. The van der Waals surface area contributed by atoms with Crippen molar-refractivity contribution in [2.45, 2.75) is 23.6 Å². The molecule has 0 aliphatic heterocycles. The number of fused-ring (bicyclic) bond motifs is 2. The van der Waals surface area contributed by atoms with Gasteiger partial charge in [-0.05, 0) is 33.1 Å². The number of thioether (sulfide) groups is 2. The van der Waals surface area contributed by atoms with Crippen molar-refractivity contribution in [1.29, 1.82) is 0 Å². The van der Waals surface area contributed by atoms with Crippen LogP contribution in [-0.4, -0.2) is 11.5 Å². The van der Waals surface area contributed by atoms with Crippen molar-refractivity contribution in [3.05, 3.63) is 48.5 Å². The van der Waals surface area contributed by atoms with Crippen LogP contribution < -0.4 is 0 Å². The van der Waals surface area contributed by atoms with Gasteiger partial charge in [-0.2, -0.15) is 0 Å². The second-order valence-corrected chi connectivity index (χ2v) is 7.16. The van der Waals surface area contributed by atoms with E-state index in [0.717, 1.165) is 11.5 Å². The lowest BCUT2D eigenvalue weighted by Gasteiger charge is -2.15. The van der Waals surface area contributed by atoms with Crippen LogP contribution in [0.25, 0.3) is 21.5 Å². The van der Waals surface area contributed by atoms with E-state index < -0.39 is 0 Å². The van der Waals surface area contributed by atoms with Crippen molar-refractivity contribution in [2.75, 3.05) is 11.5 Å². The highest BCUT2D eigenvalue weighted by molar-refractivity contribution is 8.00. The number of hydrogen-bond acceptors (Lipinski definition) is 2. The minimum absolute atomic E-state index is 1.11. The fraction of sp³-hybridized carbons (Fsp3) is 0.222. The molecule has 0 saturated carbocycles. The molecule has 0 radical (unpaired) electrons. The van der Waals surface area contributed by atoms with Crippen molar-refractivity contribution in [1.82, 2.24) is 0 Å². The molecule has 0 spiro atoms. The summed E-state index contributed by atoms with van der Waals surface area (Å²) in [7, 11) is 0. The molecule has 0 nitrogen and oxygen atoms in total. The average Bonchev–Trinajstić information content (AvgIpc) is 2.50. The fourth-order valence-corrected chi connectivity index (χ4v) is 4.56. The maximum atomic E-state index is 2.26. The Balaban J connectivity index is 2.47. The standard InChI is InChI=1S/C18H18S2/c1-3-19-17-13-9-5-7-11-15(13)18(20-4-2)16-12-8-6-10-14(16)17/h5-12H,3-4H2,1-2H3. The quantitative estimate of drug-likeness (QED) is 0.414. The molecule has 0 unspecified atom stereocenters. The summed E-state index contributed by atoms with van der Waals surface area (Å²) in [5.74, 6) is 2.21. The molecular formula is C18H18S2. The third-order valence-electron chi connectivity index (χ3n) is 3.41. The summed E-state index contributed by atoms with van der Waals surface area (Å²) in [6.45, 7) is 4.45. The molecule has 0 aliphatic rings. The molecule has 20 heavy (non-hydrogen) atoms. The van der Waals surface area contributed by atoms with E-state index in [0.29, 0.717) is 0 Å². The first-order valence-electron chi connectivity index (χ1n) is 7.05. The van der Waals surface area contributed by atoms with Crippen LogP contribution in [0.2, 0.25) is 0 Å². The van der Waals surface area contributed by atoms with Crippen LogP contribution in [0, 0.1) is 0 Å². The highest BCUT2D eigenvalue weighted by Gasteiger charge is 2.13. The summed E-state index contributed by atoms with van der Waals surface area (Å²) in [6.07, 6.45) is 0. The van der Waals surface area contributed by atoms with E-state index in [-0.39, 0.29) is 0 Å². The predicted molar refractivity (Wildman–Crippen MR) is 94.3 cm³/mol. The van der Waals surface area contributed by atoms with E-state index >= 15 is 0 Å². The summed E-state index contributed by atoms with van der Waals surface area (Å²) in [6, 6.07) is 17.7. The zero-order chi connectivity index (χ0) is 13.9. The Labute approximate surface area is 129 Å². The third kappa shape index (κ3) is 2.32. The number of benzene rings is 3. The monoisotopic (exact) mass is 298 g/mol. The summed E-state index contributed by atoms with van der Waals surface area (Å²) in [5, 5.41) is 5.59. The lowest BCUT2D eigenvalue weighted by molar-refractivity contribution is 1.47. The topological polar surface area (TPSA) is 0 Å². The van der Waals surface area contributed by atoms with Gasteiger partial charge < -0.3 is 0 Å². The maximum absolute atomic E-state index is 2.26. The van der Waals surface area contributed by atoms with E-state index in [1.165, 1.54) is 31.3 Å². The molecule has 0 aromatic heterocycles. The van der Waals surface area contributed by atoms with Gasteiger partial charge in [-0.3, -0.25) is 0 Å². The van der Waals surface area contributed by atoms with Gasteiger partial charge in [-0.15, -0.1) is 23.5 Å².